The Hall–Kier alpha value is -1.75. The van der Waals surface area contributed by atoms with Gasteiger partial charge in [0.05, 0.1) is 32.3 Å². The van der Waals surface area contributed by atoms with Gasteiger partial charge >= 0.3 is 0 Å². The fourth-order valence-corrected chi connectivity index (χ4v) is 4.72. The van der Waals surface area contributed by atoms with E-state index in [2.05, 4.69) is 4.99 Å². The van der Waals surface area contributed by atoms with E-state index in [9.17, 15) is 13.2 Å². The molecule has 3 aromatic rings. The van der Waals surface area contributed by atoms with E-state index in [0.717, 1.165) is 0 Å². The number of nitrogens with zero attached hydrogens (tertiary/aromatic N) is 2. The third-order valence-corrected chi connectivity index (χ3v) is 6.52. The van der Waals surface area contributed by atoms with Crippen LogP contribution < -0.4 is 9.94 Å². The van der Waals surface area contributed by atoms with Gasteiger partial charge in [-0.05, 0) is 43.3 Å². The standard InChI is InChI=1S/C18H17Cl2N3O4S2/c1-2-27-8-7-23-15-6-4-12(29(21,25)26)10-16(15)28-18(23)22-17(24)13-9-11(19)3-5-14(13)20/h3-6,9-10H,2,7-8H2,1H3,(H2,21,25,26). The van der Waals surface area contributed by atoms with Gasteiger partial charge in [-0.2, -0.15) is 4.99 Å². The monoisotopic (exact) mass is 473 g/mol. The average Bonchev–Trinajstić information content (AvgIpc) is 2.99. The van der Waals surface area contributed by atoms with Crippen molar-refractivity contribution in [3.05, 3.63) is 56.8 Å². The van der Waals surface area contributed by atoms with Crippen molar-refractivity contribution in [1.29, 1.82) is 0 Å². The Bertz CT molecular complexity index is 1250. The van der Waals surface area contributed by atoms with E-state index >= 15 is 0 Å². The normalized spacial score (nSPS) is 12.6. The second-order valence-corrected chi connectivity index (χ2v) is 9.36. The number of ether oxygens (including phenoxy) is 1. The number of aromatic nitrogens is 1. The van der Waals surface area contributed by atoms with Crippen molar-refractivity contribution < 1.29 is 17.9 Å². The van der Waals surface area contributed by atoms with Crippen LogP contribution in [0.15, 0.2) is 46.3 Å². The second kappa shape index (κ2) is 8.95. The van der Waals surface area contributed by atoms with Crippen molar-refractivity contribution in [1.82, 2.24) is 4.57 Å². The summed E-state index contributed by atoms with van der Waals surface area (Å²) in [6, 6.07) is 9.07. The summed E-state index contributed by atoms with van der Waals surface area (Å²) in [5.74, 6) is -0.555. The minimum absolute atomic E-state index is 0.0148. The number of carbonyl (C=O) groups excluding carboxylic acids is 1. The number of amides is 1. The minimum atomic E-state index is -3.85. The van der Waals surface area contributed by atoms with Crippen molar-refractivity contribution in [3.8, 4) is 0 Å². The van der Waals surface area contributed by atoms with Gasteiger partial charge < -0.3 is 9.30 Å². The summed E-state index contributed by atoms with van der Waals surface area (Å²) in [4.78, 5) is 17.3. The van der Waals surface area contributed by atoms with E-state index in [-0.39, 0.29) is 15.5 Å². The predicted octanol–water partition coefficient (Wildman–Crippen LogP) is 3.43. The van der Waals surface area contributed by atoms with E-state index in [0.29, 0.717) is 39.8 Å². The highest BCUT2D eigenvalue weighted by Gasteiger charge is 2.15. The Labute approximate surface area is 181 Å². The summed E-state index contributed by atoms with van der Waals surface area (Å²) in [5.41, 5.74) is 0.893. The summed E-state index contributed by atoms with van der Waals surface area (Å²) < 4.78 is 31.2. The summed E-state index contributed by atoms with van der Waals surface area (Å²) in [6.07, 6.45) is 0. The van der Waals surface area contributed by atoms with Gasteiger partial charge in [0.2, 0.25) is 10.0 Å². The van der Waals surface area contributed by atoms with E-state index < -0.39 is 15.9 Å². The van der Waals surface area contributed by atoms with Crippen LogP contribution in [0.4, 0.5) is 0 Å². The van der Waals surface area contributed by atoms with Crippen molar-refractivity contribution in [2.45, 2.75) is 18.4 Å². The Balaban J connectivity index is 2.15. The van der Waals surface area contributed by atoms with Crippen molar-refractivity contribution >= 4 is 60.7 Å². The molecular formula is C18H17Cl2N3O4S2. The van der Waals surface area contributed by atoms with Gasteiger partial charge in [-0.15, -0.1) is 0 Å². The van der Waals surface area contributed by atoms with Crippen LogP contribution in [0.5, 0.6) is 0 Å². The highest BCUT2D eigenvalue weighted by atomic mass is 35.5. The van der Waals surface area contributed by atoms with Gasteiger partial charge in [-0.1, -0.05) is 34.5 Å². The van der Waals surface area contributed by atoms with Gasteiger partial charge in [0.15, 0.2) is 4.80 Å². The van der Waals surface area contributed by atoms with Crippen LogP contribution in [0.1, 0.15) is 17.3 Å². The highest BCUT2D eigenvalue weighted by molar-refractivity contribution is 7.89. The molecule has 29 heavy (non-hydrogen) atoms. The molecule has 3 rings (SSSR count). The number of primary sulfonamides is 1. The Kier molecular flexibility index (Phi) is 6.77. The third-order valence-electron chi connectivity index (χ3n) is 4.00. The average molecular weight is 474 g/mol. The molecule has 154 valence electrons. The first kappa shape index (κ1) is 21.9. The quantitative estimate of drug-likeness (QED) is 0.553. The summed E-state index contributed by atoms with van der Waals surface area (Å²) in [5, 5.41) is 5.83. The number of benzene rings is 2. The molecular weight excluding hydrogens is 457 g/mol. The van der Waals surface area contributed by atoms with E-state index in [1.54, 1.807) is 16.7 Å². The molecule has 0 aliphatic rings. The molecule has 0 bridgehead atoms. The first-order valence-electron chi connectivity index (χ1n) is 8.48. The smallest absolute Gasteiger partial charge is 0.281 e. The molecule has 0 saturated heterocycles. The van der Waals surface area contributed by atoms with E-state index in [4.69, 9.17) is 33.1 Å². The molecule has 0 saturated carbocycles. The van der Waals surface area contributed by atoms with Gasteiger partial charge in [-0.3, -0.25) is 4.79 Å². The topological polar surface area (TPSA) is 104 Å². The lowest BCUT2D eigenvalue weighted by Crippen LogP contribution is -2.20. The van der Waals surface area contributed by atoms with Crippen molar-refractivity contribution in [2.24, 2.45) is 10.1 Å². The highest BCUT2D eigenvalue weighted by Crippen LogP contribution is 2.23. The number of halogens is 2. The number of hydrogen-bond donors (Lipinski definition) is 1. The van der Waals surface area contributed by atoms with Crippen molar-refractivity contribution in [2.75, 3.05) is 13.2 Å². The number of fused-ring (bicyclic) bond motifs is 1. The Morgan fingerprint density at radius 3 is 2.69 bits per heavy atom. The second-order valence-electron chi connectivity index (χ2n) is 5.95. The molecule has 7 nitrogen and oxygen atoms in total. The zero-order chi connectivity index (χ0) is 21.2. The zero-order valence-corrected chi connectivity index (χ0v) is 18.4. The van der Waals surface area contributed by atoms with Crippen molar-refractivity contribution in [3.63, 3.8) is 0 Å². The van der Waals surface area contributed by atoms with Gasteiger partial charge in [-0.25, -0.2) is 13.6 Å². The molecule has 0 spiro atoms. The maximum atomic E-state index is 12.7. The van der Waals surface area contributed by atoms with Crippen LogP contribution in [-0.4, -0.2) is 32.1 Å². The van der Waals surface area contributed by atoms with Crippen LogP contribution in [0.3, 0.4) is 0 Å². The van der Waals surface area contributed by atoms with Crippen LogP contribution in [0, 0.1) is 0 Å². The fourth-order valence-electron chi connectivity index (χ4n) is 2.64. The van der Waals surface area contributed by atoms with E-state index in [1.807, 2.05) is 6.92 Å². The first-order valence-corrected chi connectivity index (χ1v) is 11.6. The van der Waals surface area contributed by atoms with E-state index in [1.165, 1.54) is 35.6 Å². The predicted molar refractivity (Wildman–Crippen MR) is 114 cm³/mol. The Morgan fingerprint density at radius 1 is 1.24 bits per heavy atom. The molecule has 1 heterocycles. The number of hydrogen-bond acceptors (Lipinski definition) is 5. The fraction of sp³-hybridized carbons (Fsp3) is 0.222. The maximum absolute atomic E-state index is 12.7. The molecule has 0 fully saturated rings. The zero-order valence-electron chi connectivity index (χ0n) is 15.3. The van der Waals surface area contributed by atoms with Crippen LogP contribution in [0.2, 0.25) is 10.0 Å². The molecule has 2 aromatic carbocycles. The molecule has 0 aliphatic heterocycles. The first-order chi connectivity index (χ1) is 13.7. The van der Waals surface area contributed by atoms with Crippen LogP contribution in [-0.2, 0) is 21.3 Å². The van der Waals surface area contributed by atoms with Gasteiger partial charge in [0, 0.05) is 18.2 Å². The molecule has 0 unspecified atom stereocenters. The molecule has 2 N–H and O–H groups in total. The summed E-state index contributed by atoms with van der Waals surface area (Å²) in [6.45, 7) is 3.25. The molecule has 0 radical (unpaired) electrons. The molecule has 1 aromatic heterocycles. The lowest BCUT2D eigenvalue weighted by atomic mass is 10.2. The lowest BCUT2D eigenvalue weighted by molar-refractivity contribution is 0.0996. The van der Waals surface area contributed by atoms with Gasteiger partial charge in [0.1, 0.15) is 0 Å². The number of carbonyl (C=O) groups is 1. The number of thiazole rings is 1. The number of rotatable bonds is 6. The SMILES string of the molecule is CCOCCn1c(=NC(=O)c2cc(Cl)ccc2Cl)sc2cc(S(N)(=O)=O)ccc21. The van der Waals surface area contributed by atoms with Gasteiger partial charge in [0.25, 0.3) is 5.91 Å². The third kappa shape index (κ3) is 5.06. The molecule has 1 amide bonds. The summed E-state index contributed by atoms with van der Waals surface area (Å²) >= 11 is 13.2. The number of sulfonamides is 1. The van der Waals surface area contributed by atoms with Crippen LogP contribution in [0.25, 0.3) is 10.2 Å². The van der Waals surface area contributed by atoms with Crippen LogP contribution >= 0.6 is 34.5 Å². The minimum Gasteiger partial charge on any atom is -0.380 e. The lowest BCUT2D eigenvalue weighted by Gasteiger charge is -2.06. The Morgan fingerprint density at radius 2 is 2.00 bits per heavy atom. The largest absolute Gasteiger partial charge is 0.380 e. The molecule has 0 aliphatic carbocycles. The summed E-state index contributed by atoms with van der Waals surface area (Å²) in [7, 11) is -3.85. The molecule has 11 heteroatoms. The molecule has 0 atom stereocenters. The maximum Gasteiger partial charge on any atom is 0.281 e. The number of nitrogens with two attached hydrogens (primary N) is 1.